The molecule has 0 aromatic carbocycles. The highest BCUT2D eigenvalue weighted by atomic mass is 16.3. The minimum Gasteiger partial charge on any atom is -0.388 e. The van der Waals surface area contributed by atoms with Crippen molar-refractivity contribution < 1.29 is 19.8 Å². The lowest BCUT2D eigenvalue weighted by atomic mass is 10.1. The smallest absolute Gasteiger partial charge is 0.251 e. The van der Waals surface area contributed by atoms with Crippen molar-refractivity contribution in [2.24, 2.45) is 0 Å². The molecular formula is C8H16N2O4. The summed E-state index contributed by atoms with van der Waals surface area (Å²) in [6.45, 7) is 2.79. The molecule has 0 saturated heterocycles. The van der Waals surface area contributed by atoms with Gasteiger partial charge in [-0.2, -0.15) is 0 Å². The van der Waals surface area contributed by atoms with Crippen molar-refractivity contribution >= 4 is 11.8 Å². The fourth-order valence-corrected chi connectivity index (χ4v) is 0.982. The zero-order valence-electron chi connectivity index (χ0n) is 8.44. The Hall–Kier alpha value is -1.14. The van der Waals surface area contributed by atoms with Gasteiger partial charge in [0.15, 0.2) is 6.10 Å². The number of amides is 2. The zero-order chi connectivity index (χ0) is 11.3. The van der Waals surface area contributed by atoms with Gasteiger partial charge in [-0.15, -0.1) is 0 Å². The molecule has 0 bridgehead atoms. The number of carbonyl (C=O) groups is 2. The van der Waals surface area contributed by atoms with Crippen molar-refractivity contribution in [3.05, 3.63) is 0 Å². The van der Waals surface area contributed by atoms with Crippen LogP contribution < -0.4 is 10.6 Å². The number of nitrogens with one attached hydrogen (secondary N) is 2. The van der Waals surface area contributed by atoms with Gasteiger partial charge in [0.1, 0.15) is 6.10 Å². The summed E-state index contributed by atoms with van der Waals surface area (Å²) in [5, 5.41) is 23.2. The third-order valence-electron chi connectivity index (χ3n) is 1.78. The van der Waals surface area contributed by atoms with Gasteiger partial charge in [0.25, 0.3) is 5.91 Å². The largest absolute Gasteiger partial charge is 0.388 e. The van der Waals surface area contributed by atoms with Crippen LogP contribution in [0.5, 0.6) is 0 Å². The fourth-order valence-electron chi connectivity index (χ4n) is 0.982. The molecule has 0 spiro atoms. The Balaban J connectivity index is 4.22. The van der Waals surface area contributed by atoms with E-state index in [0.29, 0.717) is 0 Å². The SMILES string of the molecule is CNC(=O)[C@H](O)[C@H](O)[C@H](C)NC(C)=O. The predicted octanol–water partition coefficient (Wildman–Crippen LogP) is -2.02. The van der Waals surface area contributed by atoms with Crippen LogP contribution in [0.25, 0.3) is 0 Å². The molecule has 3 atom stereocenters. The number of likely N-dealkylation sites (N-methyl/N-ethyl adjacent to an activating group) is 1. The molecule has 14 heavy (non-hydrogen) atoms. The topological polar surface area (TPSA) is 98.7 Å². The molecule has 82 valence electrons. The molecule has 6 nitrogen and oxygen atoms in total. The van der Waals surface area contributed by atoms with E-state index in [4.69, 9.17) is 0 Å². The number of rotatable bonds is 4. The average Bonchev–Trinajstić information content (AvgIpc) is 2.13. The zero-order valence-corrected chi connectivity index (χ0v) is 8.44. The van der Waals surface area contributed by atoms with Gasteiger partial charge in [-0.1, -0.05) is 0 Å². The molecule has 0 aliphatic rings. The van der Waals surface area contributed by atoms with Crippen LogP contribution in [0.4, 0.5) is 0 Å². The van der Waals surface area contributed by atoms with E-state index in [1.165, 1.54) is 20.9 Å². The van der Waals surface area contributed by atoms with Crippen LogP contribution in [0.15, 0.2) is 0 Å². The fraction of sp³-hybridized carbons (Fsp3) is 0.750. The first-order chi connectivity index (χ1) is 6.40. The first kappa shape index (κ1) is 12.9. The van der Waals surface area contributed by atoms with Crippen molar-refractivity contribution in [3.8, 4) is 0 Å². The van der Waals surface area contributed by atoms with Gasteiger partial charge in [0.2, 0.25) is 5.91 Å². The van der Waals surface area contributed by atoms with E-state index in [1.54, 1.807) is 0 Å². The molecule has 2 amide bonds. The molecule has 0 aromatic heterocycles. The summed E-state index contributed by atoms with van der Waals surface area (Å²) in [5.74, 6) is -1.02. The van der Waals surface area contributed by atoms with Crippen LogP contribution in [0.3, 0.4) is 0 Å². The highest BCUT2D eigenvalue weighted by Crippen LogP contribution is 1.99. The molecule has 0 aliphatic heterocycles. The summed E-state index contributed by atoms with van der Waals surface area (Å²) in [5.41, 5.74) is 0. The molecule has 0 saturated carbocycles. The highest BCUT2D eigenvalue weighted by Gasteiger charge is 2.28. The van der Waals surface area contributed by atoms with Crippen molar-refractivity contribution in [1.29, 1.82) is 0 Å². The van der Waals surface area contributed by atoms with Crippen LogP contribution in [0, 0.1) is 0 Å². The Bertz CT molecular complexity index is 219. The lowest BCUT2D eigenvalue weighted by Gasteiger charge is -2.23. The van der Waals surface area contributed by atoms with Crippen LogP contribution >= 0.6 is 0 Å². The van der Waals surface area contributed by atoms with E-state index in [-0.39, 0.29) is 5.91 Å². The molecule has 0 heterocycles. The Labute approximate surface area is 82.3 Å². The summed E-state index contributed by atoms with van der Waals surface area (Å²) in [6, 6.07) is -0.681. The Morgan fingerprint density at radius 1 is 1.29 bits per heavy atom. The average molecular weight is 204 g/mol. The first-order valence-corrected chi connectivity index (χ1v) is 4.25. The summed E-state index contributed by atoms with van der Waals surface area (Å²) >= 11 is 0. The number of carbonyl (C=O) groups excluding carboxylic acids is 2. The Morgan fingerprint density at radius 3 is 2.14 bits per heavy atom. The van der Waals surface area contributed by atoms with E-state index in [1.807, 2.05) is 0 Å². The number of aliphatic hydroxyl groups excluding tert-OH is 2. The molecule has 0 aliphatic carbocycles. The quantitative estimate of drug-likeness (QED) is 0.425. The summed E-state index contributed by atoms with van der Waals surface area (Å²) in [6.07, 6.45) is -2.86. The second-order valence-corrected chi connectivity index (χ2v) is 3.04. The second kappa shape index (κ2) is 5.56. The van der Waals surface area contributed by atoms with E-state index in [2.05, 4.69) is 10.6 Å². The second-order valence-electron chi connectivity index (χ2n) is 3.04. The number of aliphatic hydroxyl groups is 2. The van der Waals surface area contributed by atoms with Crippen LogP contribution in [-0.4, -0.2) is 47.3 Å². The minimum atomic E-state index is -1.54. The monoisotopic (exact) mass is 204 g/mol. The van der Waals surface area contributed by atoms with Crippen molar-refractivity contribution in [2.75, 3.05) is 7.05 Å². The van der Waals surface area contributed by atoms with E-state index < -0.39 is 24.2 Å². The normalized spacial score (nSPS) is 16.6. The van der Waals surface area contributed by atoms with Gasteiger partial charge >= 0.3 is 0 Å². The third kappa shape index (κ3) is 3.71. The molecule has 0 radical (unpaired) electrons. The van der Waals surface area contributed by atoms with Crippen LogP contribution in [0.2, 0.25) is 0 Å². The van der Waals surface area contributed by atoms with Gasteiger partial charge in [-0.05, 0) is 6.92 Å². The molecular weight excluding hydrogens is 188 g/mol. The van der Waals surface area contributed by atoms with Gasteiger partial charge < -0.3 is 20.8 Å². The van der Waals surface area contributed by atoms with E-state index in [9.17, 15) is 19.8 Å². The van der Waals surface area contributed by atoms with Gasteiger partial charge in [0, 0.05) is 14.0 Å². The van der Waals surface area contributed by atoms with Crippen LogP contribution in [0.1, 0.15) is 13.8 Å². The van der Waals surface area contributed by atoms with Crippen LogP contribution in [-0.2, 0) is 9.59 Å². The highest BCUT2D eigenvalue weighted by molar-refractivity contribution is 5.81. The third-order valence-corrected chi connectivity index (χ3v) is 1.78. The molecule has 0 aromatic rings. The molecule has 4 N–H and O–H groups in total. The maximum Gasteiger partial charge on any atom is 0.251 e. The molecule has 0 fully saturated rings. The van der Waals surface area contributed by atoms with Gasteiger partial charge in [-0.3, -0.25) is 9.59 Å². The van der Waals surface area contributed by atoms with Gasteiger partial charge in [-0.25, -0.2) is 0 Å². The predicted molar refractivity (Wildman–Crippen MR) is 49.4 cm³/mol. The number of hydrogen-bond acceptors (Lipinski definition) is 4. The Kier molecular flexibility index (Phi) is 5.11. The molecule has 0 unspecified atom stereocenters. The lowest BCUT2D eigenvalue weighted by Crippen LogP contribution is -2.51. The summed E-state index contributed by atoms with van der Waals surface area (Å²) in [7, 11) is 1.35. The van der Waals surface area contributed by atoms with Gasteiger partial charge in [0.05, 0.1) is 6.04 Å². The first-order valence-electron chi connectivity index (χ1n) is 4.25. The van der Waals surface area contributed by atoms with E-state index >= 15 is 0 Å². The standard InChI is InChI=1S/C8H16N2O4/c1-4(10-5(2)11)6(12)7(13)8(14)9-3/h4,6-7,12-13H,1-3H3,(H,9,14)(H,10,11)/t4-,6+,7+/m0/s1. The van der Waals surface area contributed by atoms with Crippen molar-refractivity contribution in [2.45, 2.75) is 32.1 Å². The van der Waals surface area contributed by atoms with E-state index in [0.717, 1.165) is 0 Å². The van der Waals surface area contributed by atoms with Crippen molar-refractivity contribution in [3.63, 3.8) is 0 Å². The summed E-state index contributed by atoms with van der Waals surface area (Å²) < 4.78 is 0. The van der Waals surface area contributed by atoms with Crippen molar-refractivity contribution in [1.82, 2.24) is 10.6 Å². The minimum absolute atomic E-state index is 0.333. The maximum absolute atomic E-state index is 10.9. The Morgan fingerprint density at radius 2 is 1.79 bits per heavy atom. The molecule has 0 rings (SSSR count). The lowest BCUT2D eigenvalue weighted by molar-refractivity contribution is -0.136. The molecule has 6 heteroatoms. The maximum atomic E-state index is 10.9. The summed E-state index contributed by atoms with van der Waals surface area (Å²) in [4.78, 5) is 21.5. The number of hydrogen-bond donors (Lipinski definition) is 4.